The highest BCUT2D eigenvalue weighted by atomic mass is 16.2. The summed E-state index contributed by atoms with van der Waals surface area (Å²) < 4.78 is 0. The Bertz CT molecular complexity index is 726. The third-order valence-electron chi connectivity index (χ3n) is 3.86. The number of carbonyl (C=O) groups excluding carboxylic acids is 3. The van der Waals surface area contributed by atoms with Crippen molar-refractivity contribution in [2.24, 2.45) is 16.5 Å². The van der Waals surface area contributed by atoms with Gasteiger partial charge in [0.05, 0.1) is 23.4 Å². The molecule has 0 aromatic carbocycles. The number of aliphatic imine (C=N–C) groups is 1. The first-order valence-electron chi connectivity index (χ1n) is 7.02. The SMILES string of the molecule is CC1=NC(CC(=O)N(C)C)(C(N)=O)Cc2cc(C(N)=O)cnc21. The van der Waals surface area contributed by atoms with E-state index in [4.69, 9.17) is 11.5 Å². The van der Waals surface area contributed by atoms with E-state index in [9.17, 15) is 14.4 Å². The number of pyridine rings is 1. The molecule has 0 bridgehead atoms. The molecule has 122 valence electrons. The summed E-state index contributed by atoms with van der Waals surface area (Å²) in [6.45, 7) is 1.69. The van der Waals surface area contributed by atoms with Gasteiger partial charge in [0, 0.05) is 26.7 Å². The van der Waals surface area contributed by atoms with Crippen molar-refractivity contribution < 1.29 is 14.4 Å². The smallest absolute Gasteiger partial charge is 0.250 e. The normalized spacial score (nSPS) is 19.5. The molecular formula is C15H19N5O3. The average Bonchev–Trinajstić information content (AvgIpc) is 2.46. The van der Waals surface area contributed by atoms with Crippen LogP contribution in [0, 0.1) is 0 Å². The Morgan fingerprint density at radius 3 is 2.48 bits per heavy atom. The van der Waals surface area contributed by atoms with Gasteiger partial charge in [-0.3, -0.25) is 24.4 Å². The van der Waals surface area contributed by atoms with Crippen LogP contribution < -0.4 is 11.5 Å². The number of carbonyl (C=O) groups is 3. The summed E-state index contributed by atoms with van der Waals surface area (Å²) in [7, 11) is 3.19. The molecule has 2 heterocycles. The third kappa shape index (κ3) is 3.05. The minimum Gasteiger partial charge on any atom is -0.368 e. The van der Waals surface area contributed by atoms with Gasteiger partial charge in [0.2, 0.25) is 17.7 Å². The molecule has 8 nitrogen and oxygen atoms in total. The van der Waals surface area contributed by atoms with E-state index in [0.717, 1.165) is 0 Å². The van der Waals surface area contributed by atoms with E-state index in [2.05, 4.69) is 9.98 Å². The number of nitrogens with zero attached hydrogens (tertiary/aromatic N) is 3. The highest BCUT2D eigenvalue weighted by molar-refractivity contribution is 6.04. The Morgan fingerprint density at radius 1 is 1.30 bits per heavy atom. The van der Waals surface area contributed by atoms with Crippen LogP contribution in [-0.4, -0.2) is 53.0 Å². The third-order valence-corrected chi connectivity index (χ3v) is 3.86. The maximum absolute atomic E-state index is 12.1. The predicted molar refractivity (Wildman–Crippen MR) is 83.9 cm³/mol. The fourth-order valence-corrected chi connectivity index (χ4v) is 2.57. The van der Waals surface area contributed by atoms with Gasteiger partial charge in [0.1, 0.15) is 0 Å². The van der Waals surface area contributed by atoms with Crippen molar-refractivity contribution >= 4 is 23.4 Å². The second kappa shape index (κ2) is 5.79. The van der Waals surface area contributed by atoms with Crippen LogP contribution >= 0.6 is 0 Å². The van der Waals surface area contributed by atoms with Crippen LogP contribution in [0.1, 0.15) is 35.0 Å². The van der Waals surface area contributed by atoms with Crippen LogP contribution in [0.5, 0.6) is 0 Å². The molecule has 0 fully saturated rings. The summed E-state index contributed by atoms with van der Waals surface area (Å²) in [6, 6.07) is 1.57. The summed E-state index contributed by atoms with van der Waals surface area (Å²) in [6.07, 6.45) is 1.32. The molecule has 0 aliphatic carbocycles. The topological polar surface area (TPSA) is 132 Å². The maximum Gasteiger partial charge on any atom is 0.250 e. The van der Waals surface area contributed by atoms with E-state index in [1.807, 2.05) is 0 Å². The molecule has 0 spiro atoms. The molecule has 1 aliphatic rings. The van der Waals surface area contributed by atoms with Gasteiger partial charge in [0.25, 0.3) is 0 Å². The van der Waals surface area contributed by atoms with Crippen molar-refractivity contribution in [2.45, 2.75) is 25.3 Å². The monoisotopic (exact) mass is 317 g/mol. The van der Waals surface area contributed by atoms with Crippen LogP contribution in [-0.2, 0) is 16.0 Å². The molecule has 0 saturated heterocycles. The molecule has 1 aromatic rings. The first-order valence-corrected chi connectivity index (χ1v) is 7.02. The van der Waals surface area contributed by atoms with Crippen molar-refractivity contribution in [3.8, 4) is 0 Å². The van der Waals surface area contributed by atoms with E-state index in [0.29, 0.717) is 17.0 Å². The summed E-state index contributed by atoms with van der Waals surface area (Å²) in [4.78, 5) is 45.4. The standard InChI is InChI=1S/C15H19N5O3/c1-8-12-9(4-10(7-18-12)13(16)22)5-15(19-8,14(17)23)6-11(21)20(2)3/h4,7H,5-6H2,1-3H3,(H2,16,22)(H2,17,23). The lowest BCUT2D eigenvalue weighted by Crippen LogP contribution is -2.50. The molecule has 1 atom stereocenters. The van der Waals surface area contributed by atoms with E-state index in [-0.39, 0.29) is 24.3 Å². The zero-order valence-electron chi connectivity index (χ0n) is 13.3. The van der Waals surface area contributed by atoms with Gasteiger partial charge >= 0.3 is 0 Å². The number of hydrogen-bond donors (Lipinski definition) is 2. The van der Waals surface area contributed by atoms with E-state index >= 15 is 0 Å². The molecule has 1 unspecified atom stereocenters. The largest absolute Gasteiger partial charge is 0.368 e. The minimum atomic E-state index is -1.38. The van der Waals surface area contributed by atoms with Crippen molar-refractivity contribution in [1.29, 1.82) is 0 Å². The van der Waals surface area contributed by atoms with Crippen molar-refractivity contribution in [3.63, 3.8) is 0 Å². The average molecular weight is 317 g/mol. The van der Waals surface area contributed by atoms with Gasteiger partial charge in [0.15, 0.2) is 5.54 Å². The summed E-state index contributed by atoms with van der Waals surface area (Å²) in [5.41, 5.74) is 11.4. The molecule has 0 radical (unpaired) electrons. The summed E-state index contributed by atoms with van der Waals surface area (Å²) >= 11 is 0. The van der Waals surface area contributed by atoms with Gasteiger partial charge in [-0.05, 0) is 18.6 Å². The number of rotatable bonds is 4. The second-order valence-corrected chi connectivity index (χ2v) is 5.83. The lowest BCUT2D eigenvalue weighted by atomic mass is 9.82. The Kier molecular flexibility index (Phi) is 4.18. The Labute approximate surface area is 133 Å². The van der Waals surface area contributed by atoms with Crippen LogP contribution in [0.4, 0.5) is 0 Å². The van der Waals surface area contributed by atoms with E-state index in [1.165, 1.54) is 11.1 Å². The van der Waals surface area contributed by atoms with Crippen LogP contribution in [0.15, 0.2) is 17.3 Å². The molecule has 3 amide bonds. The van der Waals surface area contributed by atoms with Gasteiger partial charge in [-0.25, -0.2) is 0 Å². The lowest BCUT2D eigenvalue weighted by Gasteiger charge is -2.32. The highest BCUT2D eigenvalue weighted by Crippen LogP contribution is 2.30. The number of fused-ring (bicyclic) bond motifs is 1. The quantitative estimate of drug-likeness (QED) is 0.756. The lowest BCUT2D eigenvalue weighted by molar-refractivity contribution is -0.134. The number of hydrogen-bond acceptors (Lipinski definition) is 5. The van der Waals surface area contributed by atoms with Gasteiger partial charge in [-0.1, -0.05) is 0 Å². The first-order chi connectivity index (χ1) is 10.7. The summed E-state index contributed by atoms with van der Waals surface area (Å²) in [5.74, 6) is -1.57. The van der Waals surface area contributed by atoms with Crippen molar-refractivity contribution in [2.75, 3.05) is 14.1 Å². The predicted octanol–water partition coefficient (Wildman–Crippen LogP) is -0.752. The number of aromatic nitrogens is 1. The molecule has 4 N–H and O–H groups in total. The molecule has 0 saturated carbocycles. The van der Waals surface area contributed by atoms with Crippen LogP contribution in [0.25, 0.3) is 0 Å². The second-order valence-electron chi connectivity index (χ2n) is 5.83. The van der Waals surface area contributed by atoms with Gasteiger partial charge in [-0.15, -0.1) is 0 Å². The minimum absolute atomic E-state index is 0.0999. The maximum atomic E-state index is 12.1. The molecule has 2 rings (SSSR count). The van der Waals surface area contributed by atoms with E-state index in [1.54, 1.807) is 27.1 Å². The van der Waals surface area contributed by atoms with Gasteiger partial charge in [-0.2, -0.15) is 0 Å². The Balaban J connectivity index is 2.51. The molecule has 1 aromatic heterocycles. The van der Waals surface area contributed by atoms with Crippen LogP contribution in [0.3, 0.4) is 0 Å². The highest BCUT2D eigenvalue weighted by Gasteiger charge is 2.42. The number of primary amides is 2. The molecular weight excluding hydrogens is 298 g/mol. The Hall–Kier alpha value is -2.77. The first kappa shape index (κ1) is 16.6. The zero-order chi connectivity index (χ0) is 17.4. The zero-order valence-corrected chi connectivity index (χ0v) is 13.3. The summed E-state index contributed by atoms with van der Waals surface area (Å²) in [5, 5.41) is 0. The fraction of sp³-hybridized carbons (Fsp3) is 0.400. The molecule has 8 heteroatoms. The molecule has 1 aliphatic heterocycles. The van der Waals surface area contributed by atoms with Gasteiger partial charge < -0.3 is 16.4 Å². The Morgan fingerprint density at radius 2 is 1.96 bits per heavy atom. The number of nitrogens with two attached hydrogens (primary N) is 2. The number of amides is 3. The van der Waals surface area contributed by atoms with Crippen molar-refractivity contribution in [1.82, 2.24) is 9.88 Å². The fourth-order valence-electron chi connectivity index (χ4n) is 2.57. The van der Waals surface area contributed by atoms with E-state index < -0.39 is 17.4 Å². The van der Waals surface area contributed by atoms with Crippen LogP contribution in [0.2, 0.25) is 0 Å². The molecule has 23 heavy (non-hydrogen) atoms. The van der Waals surface area contributed by atoms with Crippen molar-refractivity contribution in [3.05, 3.63) is 29.1 Å².